The van der Waals surface area contributed by atoms with Gasteiger partial charge in [-0.15, -0.1) is 10.2 Å². The average molecular weight is 755 g/mol. The minimum Gasteiger partial charge on any atom is -0.503 e. The van der Waals surface area contributed by atoms with Gasteiger partial charge in [0.05, 0.1) is 31.9 Å². The van der Waals surface area contributed by atoms with E-state index in [1.165, 1.54) is 23.8 Å². The molecule has 1 N–H and O–H groups in total. The van der Waals surface area contributed by atoms with Gasteiger partial charge < -0.3 is 23.7 Å². The molecule has 1 aliphatic heterocycles. The molecule has 3 heterocycles. The third-order valence-corrected chi connectivity index (χ3v) is 10.6. The van der Waals surface area contributed by atoms with Gasteiger partial charge in [-0.25, -0.2) is 0 Å². The molecule has 0 fully saturated rings. The zero-order valence-corrected chi connectivity index (χ0v) is 30.7. The van der Waals surface area contributed by atoms with E-state index < -0.39 is 23.5 Å². The summed E-state index contributed by atoms with van der Waals surface area (Å²) in [5.74, 6) is 0.0336. The lowest BCUT2D eigenvalue weighted by Crippen LogP contribution is -2.31. The predicted molar refractivity (Wildman–Crippen MR) is 195 cm³/mol. The number of aromatic nitrogens is 2. The lowest BCUT2D eigenvalue weighted by atomic mass is 9.95. The normalized spacial score (nSPS) is 14.7. The summed E-state index contributed by atoms with van der Waals surface area (Å²) in [5, 5.41) is 21.9. The Kier molecular flexibility index (Phi) is 10.9. The molecule has 3 aromatic carbocycles. The fraction of sp³-hybridized carbons (Fsp3) is 0.278. The second kappa shape index (κ2) is 15.3. The number of Topliss-reactive ketones (excluding diaryl/α,β-unsaturated/α-hetero) is 1. The van der Waals surface area contributed by atoms with Gasteiger partial charge in [0.2, 0.25) is 10.9 Å². The molecule has 0 aliphatic carbocycles. The highest BCUT2D eigenvalue weighted by atomic mass is 35.5. The Morgan fingerprint density at radius 3 is 2.62 bits per heavy atom. The van der Waals surface area contributed by atoms with E-state index >= 15 is 0 Å². The Balaban J connectivity index is 1.39. The van der Waals surface area contributed by atoms with Crippen molar-refractivity contribution in [3.8, 4) is 17.2 Å². The van der Waals surface area contributed by atoms with Crippen LogP contribution in [0.25, 0.3) is 11.0 Å². The summed E-state index contributed by atoms with van der Waals surface area (Å²) in [6.07, 6.45) is 0.845. The van der Waals surface area contributed by atoms with Gasteiger partial charge in [0, 0.05) is 21.2 Å². The third-order valence-electron chi connectivity index (χ3n) is 7.91. The molecular weight excluding hydrogens is 721 g/mol. The number of aliphatic hydroxyl groups excluding tert-OH is 1. The number of methoxy groups -OCH3 is 1. The number of benzene rings is 3. The first-order chi connectivity index (χ1) is 24.1. The number of para-hydroxylation sites is 1. The number of amides is 1. The molecule has 260 valence electrons. The Morgan fingerprint density at radius 2 is 1.88 bits per heavy atom. The number of aliphatic hydroxyl groups is 1. The summed E-state index contributed by atoms with van der Waals surface area (Å²) >= 11 is 14.9. The zero-order valence-electron chi connectivity index (χ0n) is 27.6. The molecule has 2 aromatic heterocycles. The van der Waals surface area contributed by atoms with Crippen LogP contribution in [0.1, 0.15) is 54.9 Å². The van der Waals surface area contributed by atoms with Crippen LogP contribution in [-0.4, -0.2) is 47.3 Å². The summed E-state index contributed by atoms with van der Waals surface area (Å²) in [4.78, 5) is 29.5. The molecule has 1 amide bonds. The average Bonchev–Trinajstić information content (AvgIpc) is 3.81. The van der Waals surface area contributed by atoms with Crippen molar-refractivity contribution in [3.63, 3.8) is 0 Å². The highest BCUT2D eigenvalue weighted by molar-refractivity contribution is 8.00. The summed E-state index contributed by atoms with van der Waals surface area (Å²) in [6, 6.07) is 16.2. The van der Waals surface area contributed by atoms with Crippen LogP contribution in [0.15, 0.2) is 80.8 Å². The number of hydrogen-bond donors (Lipinski definition) is 1. The summed E-state index contributed by atoms with van der Waals surface area (Å²) in [5.41, 5.74) is 1.52. The predicted octanol–water partition coefficient (Wildman–Crippen LogP) is 9.50. The van der Waals surface area contributed by atoms with Crippen molar-refractivity contribution >= 4 is 74.1 Å². The van der Waals surface area contributed by atoms with Crippen molar-refractivity contribution in [2.45, 2.75) is 43.3 Å². The molecule has 0 radical (unpaired) electrons. The van der Waals surface area contributed by atoms with Gasteiger partial charge in [-0.05, 0) is 66.8 Å². The first-order valence-corrected chi connectivity index (χ1v) is 18.3. The highest BCUT2D eigenvalue weighted by Crippen LogP contribution is 2.46. The quantitative estimate of drug-likeness (QED) is 0.0666. The number of furan rings is 1. The second-order valence-corrected chi connectivity index (χ2v) is 14.7. The number of anilines is 1. The minimum absolute atomic E-state index is 0.0716. The van der Waals surface area contributed by atoms with Gasteiger partial charge in [0.25, 0.3) is 5.91 Å². The molecule has 10 nitrogen and oxygen atoms in total. The second-order valence-electron chi connectivity index (χ2n) is 11.7. The van der Waals surface area contributed by atoms with Gasteiger partial charge in [0.15, 0.2) is 38.7 Å². The van der Waals surface area contributed by atoms with Crippen molar-refractivity contribution in [2.75, 3.05) is 25.2 Å². The summed E-state index contributed by atoms with van der Waals surface area (Å²) in [6.45, 7) is 6.91. The smallest absolute Gasteiger partial charge is 0.296 e. The van der Waals surface area contributed by atoms with Gasteiger partial charge in [-0.3, -0.25) is 14.5 Å². The molecule has 5 aromatic rings. The van der Waals surface area contributed by atoms with E-state index in [2.05, 4.69) is 24.0 Å². The molecule has 1 unspecified atom stereocenters. The maximum absolute atomic E-state index is 14.3. The Hall–Kier alpha value is -4.23. The molecule has 14 heteroatoms. The Labute approximate surface area is 306 Å². The van der Waals surface area contributed by atoms with Gasteiger partial charge in [0.1, 0.15) is 0 Å². The number of ketones is 1. The fourth-order valence-electron chi connectivity index (χ4n) is 5.41. The van der Waals surface area contributed by atoms with E-state index in [0.717, 1.165) is 23.3 Å². The molecule has 0 bridgehead atoms. The summed E-state index contributed by atoms with van der Waals surface area (Å²) in [7, 11) is 1.50. The number of nitrogens with zero attached hydrogens (tertiary/aromatic N) is 3. The van der Waals surface area contributed by atoms with E-state index in [0.29, 0.717) is 73.1 Å². The lowest BCUT2D eigenvalue weighted by Gasteiger charge is -2.25. The highest BCUT2D eigenvalue weighted by Gasteiger charge is 2.47. The number of carbonyl (C=O) groups excluding carboxylic acids is 2. The van der Waals surface area contributed by atoms with Crippen LogP contribution >= 0.6 is 46.3 Å². The fourth-order valence-corrected chi connectivity index (χ4v) is 7.84. The third kappa shape index (κ3) is 7.29. The molecule has 0 spiro atoms. The van der Waals surface area contributed by atoms with Crippen molar-refractivity contribution in [3.05, 3.63) is 98.9 Å². The monoisotopic (exact) mass is 753 g/mol. The SMILES string of the molecule is CCOc1cc(C2C(C(=O)c3cc4cccc(OC)c4o3)=C(O)C(=O)N2c2nnc(SCc3ccc(Cl)cc3Cl)s2)ccc1OCCC(C)C. The van der Waals surface area contributed by atoms with Gasteiger partial charge >= 0.3 is 0 Å². The van der Waals surface area contributed by atoms with Crippen LogP contribution < -0.4 is 19.1 Å². The van der Waals surface area contributed by atoms with Crippen LogP contribution in [0, 0.1) is 5.92 Å². The van der Waals surface area contributed by atoms with Crippen LogP contribution in [0.3, 0.4) is 0 Å². The number of thioether (sulfide) groups is 1. The number of hydrogen-bond acceptors (Lipinski definition) is 11. The van der Waals surface area contributed by atoms with Crippen molar-refractivity contribution in [1.82, 2.24) is 10.2 Å². The standard InChI is InChI=1S/C36H33Cl2N3O7S2/c1-5-46-27-15-20(10-12-25(27)47-14-13-19(2)3)30-29(31(42)28-16-21-7-6-8-26(45-4)33(21)48-28)32(43)34(44)41(30)35-39-40-36(50-35)49-18-22-9-11-23(37)17-24(22)38/h6-12,15-17,19,30,43H,5,13-14,18H2,1-4H3. The Bertz CT molecular complexity index is 2090. The molecule has 0 saturated carbocycles. The van der Waals surface area contributed by atoms with E-state index in [1.54, 1.807) is 54.6 Å². The number of ether oxygens (including phenoxy) is 3. The van der Waals surface area contributed by atoms with E-state index in [4.69, 9.17) is 41.8 Å². The van der Waals surface area contributed by atoms with E-state index in [9.17, 15) is 14.7 Å². The van der Waals surface area contributed by atoms with Crippen LogP contribution in [0.5, 0.6) is 17.2 Å². The number of carbonyl (C=O) groups is 2. The first kappa shape index (κ1) is 35.6. The molecule has 0 saturated heterocycles. The Morgan fingerprint density at radius 1 is 1.06 bits per heavy atom. The minimum atomic E-state index is -1.11. The number of fused-ring (bicyclic) bond motifs is 1. The molecular formula is C36H33Cl2N3O7S2. The molecule has 50 heavy (non-hydrogen) atoms. The topological polar surface area (TPSA) is 124 Å². The van der Waals surface area contributed by atoms with Crippen molar-refractivity contribution in [1.29, 1.82) is 0 Å². The number of halogens is 2. The summed E-state index contributed by atoms with van der Waals surface area (Å²) < 4.78 is 23.9. The van der Waals surface area contributed by atoms with Gasteiger partial charge in [-0.2, -0.15) is 0 Å². The zero-order chi connectivity index (χ0) is 35.5. The van der Waals surface area contributed by atoms with E-state index in [1.807, 2.05) is 13.0 Å². The van der Waals surface area contributed by atoms with Gasteiger partial charge in [-0.1, -0.05) is 84.4 Å². The van der Waals surface area contributed by atoms with E-state index in [-0.39, 0.29) is 16.5 Å². The molecule has 1 aliphatic rings. The van der Waals surface area contributed by atoms with Crippen LogP contribution in [0.2, 0.25) is 10.0 Å². The molecule has 6 rings (SSSR count). The van der Waals surface area contributed by atoms with Crippen molar-refractivity contribution in [2.24, 2.45) is 5.92 Å². The van der Waals surface area contributed by atoms with Crippen LogP contribution in [-0.2, 0) is 10.5 Å². The maximum atomic E-state index is 14.3. The number of rotatable bonds is 14. The lowest BCUT2D eigenvalue weighted by molar-refractivity contribution is -0.117. The first-order valence-electron chi connectivity index (χ1n) is 15.8. The van der Waals surface area contributed by atoms with Crippen molar-refractivity contribution < 1.29 is 33.3 Å². The van der Waals surface area contributed by atoms with Crippen LogP contribution in [0.4, 0.5) is 5.13 Å². The maximum Gasteiger partial charge on any atom is 0.296 e. The molecule has 1 atom stereocenters. The largest absolute Gasteiger partial charge is 0.503 e.